The molecule has 0 radical (unpaired) electrons. The number of aromatic nitrogens is 2. The van der Waals surface area contributed by atoms with Crippen molar-refractivity contribution in [2.24, 2.45) is 13.0 Å². The van der Waals surface area contributed by atoms with Gasteiger partial charge >= 0.3 is 0 Å². The summed E-state index contributed by atoms with van der Waals surface area (Å²) in [5.74, 6) is 1.38. The maximum absolute atomic E-state index is 4.27. The molecule has 3 heteroatoms. The van der Waals surface area contributed by atoms with Gasteiger partial charge in [-0.05, 0) is 36.9 Å². The summed E-state index contributed by atoms with van der Waals surface area (Å²) >= 11 is 0. The van der Waals surface area contributed by atoms with Crippen LogP contribution in [-0.2, 0) is 7.05 Å². The Morgan fingerprint density at radius 3 is 2.67 bits per heavy atom. The summed E-state index contributed by atoms with van der Waals surface area (Å²) in [5.41, 5.74) is 2.74. The van der Waals surface area contributed by atoms with Crippen molar-refractivity contribution in [2.75, 3.05) is 7.05 Å². The molecule has 1 N–H and O–H groups in total. The standard InChI is InChI=1S/C15H19N3/c1-16-15(14-8-9-17-18(14)2)13-10-12(13)11-6-4-3-5-7-11/h3-9,12-13,15-16H,10H2,1-2H3. The molecule has 1 aliphatic carbocycles. The highest BCUT2D eigenvalue weighted by atomic mass is 15.3. The first-order chi connectivity index (χ1) is 8.81. The number of aryl methyl sites for hydroxylation is 1. The van der Waals surface area contributed by atoms with E-state index < -0.39 is 0 Å². The van der Waals surface area contributed by atoms with Crippen molar-refractivity contribution in [1.29, 1.82) is 0 Å². The number of hydrogen-bond acceptors (Lipinski definition) is 2. The van der Waals surface area contributed by atoms with Gasteiger partial charge in [0.1, 0.15) is 0 Å². The topological polar surface area (TPSA) is 29.9 Å². The Kier molecular flexibility index (Phi) is 2.92. The quantitative estimate of drug-likeness (QED) is 0.891. The lowest BCUT2D eigenvalue weighted by Gasteiger charge is -2.16. The van der Waals surface area contributed by atoms with E-state index in [1.807, 2.05) is 25.0 Å². The predicted octanol–water partition coefficient (Wildman–Crippen LogP) is 2.48. The fourth-order valence-corrected chi connectivity index (χ4v) is 2.94. The molecule has 0 aliphatic heterocycles. The van der Waals surface area contributed by atoms with Crippen LogP contribution in [0.2, 0.25) is 0 Å². The zero-order chi connectivity index (χ0) is 12.5. The number of rotatable bonds is 4. The van der Waals surface area contributed by atoms with Gasteiger partial charge in [0.25, 0.3) is 0 Å². The molecule has 3 atom stereocenters. The minimum Gasteiger partial charge on any atom is -0.311 e. The minimum absolute atomic E-state index is 0.405. The smallest absolute Gasteiger partial charge is 0.0553 e. The van der Waals surface area contributed by atoms with Crippen molar-refractivity contribution in [2.45, 2.75) is 18.4 Å². The summed E-state index contributed by atoms with van der Waals surface area (Å²) < 4.78 is 1.97. The molecule has 0 spiro atoms. The van der Waals surface area contributed by atoms with E-state index in [9.17, 15) is 0 Å². The number of nitrogens with zero attached hydrogens (tertiary/aromatic N) is 2. The largest absolute Gasteiger partial charge is 0.311 e. The molecule has 1 saturated carbocycles. The average molecular weight is 241 g/mol. The molecule has 0 amide bonds. The van der Waals surface area contributed by atoms with Crippen LogP contribution in [-0.4, -0.2) is 16.8 Å². The van der Waals surface area contributed by atoms with Crippen molar-refractivity contribution in [3.8, 4) is 0 Å². The first-order valence-electron chi connectivity index (χ1n) is 6.51. The van der Waals surface area contributed by atoms with E-state index in [2.05, 4.69) is 46.8 Å². The summed E-state index contributed by atoms with van der Waals surface area (Å²) in [6.45, 7) is 0. The van der Waals surface area contributed by atoms with Crippen LogP contribution >= 0.6 is 0 Å². The molecule has 1 heterocycles. The molecule has 1 aliphatic rings. The van der Waals surface area contributed by atoms with E-state index in [0.29, 0.717) is 17.9 Å². The van der Waals surface area contributed by atoms with E-state index in [0.717, 1.165) is 0 Å². The van der Waals surface area contributed by atoms with Gasteiger partial charge in [-0.15, -0.1) is 0 Å². The highest BCUT2D eigenvalue weighted by Gasteiger charge is 2.44. The first kappa shape index (κ1) is 11.5. The lowest BCUT2D eigenvalue weighted by Crippen LogP contribution is -2.21. The Morgan fingerprint density at radius 2 is 2.06 bits per heavy atom. The second-order valence-corrected chi connectivity index (χ2v) is 5.06. The fourth-order valence-electron chi connectivity index (χ4n) is 2.94. The molecule has 3 rings (SSSR count). The van der Waals surface area contributed by atoms with Crippen molar-refractivity contribution in [3.05, 3.63) is 53.9 Å². The van der Waals surface area contributed by atoms with Gasteiger partial charge in [0, 0.05) is 13.2 Å². The third-order valence-corrected chi connectivity index (χ3v) is 3.98. The van der Waals surface area contributed by atoms with Crippen LogP contribution < -0.4 is 5.32 Å². The van der Waals surface area contributed by atoms with Crippen LogP contribution in [0.25, 0.3) is 0 Å². The highest BCUT2D eigenvalue weighted by Crippen LogP contribution is 2.53. The lowest BCUT2D eigenvalue weighted by atomic mass is 10.0. The molecular formula is C15H19N3. The molecule has 1 fully saturated rings. The van der Waals surface area contributed by atoms with Crippen molar-refractivity contribution in [1.82, 2.24) is 15.1 Å². The number of hydrogen-bond donors (Lipinski definition) is 1. The molecule has 18 heavy (non-hydrogen) atoms. The van der Waals surface area contributed by atoms with E-state index in [1.165, 1.54) is 17.7 Å². The first-order valence-corrected chi connectivity index (χ1v) is 6.51. The van der Waals surface area contributed by atoms with Gasteiger partial charge in [-0.3, -0.25) is 4.68 Å². The zero-order valence-electron chi connectivity index (χ0n) is 10.9. The van der Waals surface area contributed by atoms with Crippen LogP contribution in [0.5, 0.6) is 0 Å². The third-order valence-electron chi connectivity index (χ3n) is 3.98. The summed E-state index contributed by atoms with van der Waals surface area (Å²) in [4.78, 5) is 0. The predicted molar refractivity (Wildman–Crippen MR) is 72.3 cm³/mol. The van der Waals surface area contributed by atoms with Crippen molar-refractivity contribution < 1.29 is 0 Å². The summed E-state index contributed by atoms with van der Waals surface area (Å²) in [6.07, 6.45) is 3.14. The molecule has 3 unspecified atom stereocenters. The normalized spacial score (nSPS) is 23.9. The minimum atomic E-state index is 0.405. The summed E-state index contributed by atoms with van der Waals surface area (Å²) in [7, 11) is 4.05. The van der Waals surface area contributed by atoms with Crippen LogP contribution in [0, 0.1) is 5.92 Å². The molecule has 94 valence electrons. The SMILES string of the molecule is CNC(c1ccnn1C)C1CC1c1ccccc1. The average Bonchev–Trinajstić information content (AvgIpc) is 3.08. The van der Waals surface area contributed by atoms with E-state index in [1.54, 1.807) is 0 Å². The second kappa shape index (κ2) is 4.58. The van der Waals surface area contributed by atoms with Crippen LogP contribution in [0.15, 0.2) is 42.6 Å². The third kappa shape index (κ3) is 1.95. The van der Waals surface area contributed by atoms with Crippen LogP contribution in [0.1, 0.15) is 29.6 Å². The van der Waals surface area contributed by atoms with Gasteiger partial charge in [0.05, 0.1) is 11.7 Å². The Bertz CT molecular complexity index is 518. The molecule has 0 bridgehead atoms. The molecule has 1 aromatic heterocycles. The Balaban J connectivity index is 1.79. The van der Waals surface area contributed by atoms with Crippen LogP contribution in [0.4, 0.5) is 0 Å². The maximum atomic E-state index is 4.27. The van der Waals surface area contributed by atoms with E-state index in [-0.39, 0.29) is 0 Å². The zero-order valence-corrected chi connectivity index (χ0v) is 10.9. The van der Waals surface area contributed by atoms with E-state index >= 15 is 0 Å². The molecular weight excluding hydrogens is 222 g/mol. The molecule has 3 nitrogen and oxygen atoms in total. The number of nitrogens with one attached hydrogen (secondary N) is 1. The van der Waals surface area contributed by atoms with Gasteiger partial charge in [-0.25, -0.2) is 0 Å². The van der Waals surface area contributed by atoms with Crippen LogP contribution in [0.3, 0.4) is 0 Å². The molecule has 0 saturated heterocycles. The fraction of sp³-hybridized carbons (Fsp3) is 0.400. The number of benzene rings is 1. The van der Waals surface area contributed by atoms with Gasteiger partial charge < -0.3 is 5.32 Å². The second-order valence-electron chi connectivity index (χ2n) is 5.06. The molecule has 2 aromatic rings. The highest BCUT2D eigenvalue weighted by molar-refractivity contribution is 5.28. The van der Waals surface area contributed by atoms with Gasteiger partial charge in [0.2, 0.25) is 0 Å². The Hall–Kier alpha value is -1.61. The lowest BCUT2D eigenvalue weighted by molar-refractivity contribution is 0.479. The summed E-state index contributed by atoms with van der Waals surface area (Å²) in [5, 5.41) is 7.72. The monoisotopic (exact) mass is 241 g/mol. The van der Waals surface area contributed by atoms with Crippen molar-refractivity contribution >= 4 is 0 Å². The summed E-state index contributed by atoms with van der Waals surface area (Å²) in [6, 6.07) is 13.3. The van der Waals surface area contributed by atoms with Gasteiger partial charge in [-0.2, -0.15) is 5.10 Å². The molecule has 1 aromatic carbocycles. The maximum Gasteiger partial charge on any atom is 0.0553 e. The van der Waals surface area contributed by atoms with Crippen molar-refractivity contribution in [3.63, 3.8) is 0 Å². The Morgan fingerprint density at radius 1 is 1.28 bits per heavy atom. The van der Waals surface area contributed by atoms with Gasteiger partial charge in [-0.1, -0.05) is 30.3 Å². The Labute approximate surface area is 108 Å². The van der Waals surface area contributed by atoms with E-state index in [4.69, 9.17) is 0 Å². The van der Waals surface area contributed by atoms with Gasteiger partial charge in [0.15, 0.2) is 0 Å².